The number of hydrogen-bond acceptors (Lipinski definition) is 2. The summed E-state index contributed by atoms with van der Waals surface area (Å²) in [5.74, 6) is -0.590. The number of carbonyl (C=O) groups excluding carboxylic acids is 1. The summed E-state index contributed by atoms with van der Waals surface area (Å²) < 4.78 is 33.0. The molecule has 0 aliphatic rings. The molecule has 4 nitrogen and oxygen atoms in total. The summed E-state index contributed by atoms with van der Waals surface area (Å²) in [4.78, 5) is 14.4. The number of rotatable bonds is 8. The minimum absolute atomic E-state index is 0.0555. The number of benzene rings is 3. The van der Waals surface area contributed by atoms with E-state index in [1.165, 1.54) is 6.07 Å². The lowest BCUT2D eigenvalue weighted by molar-refractivity contribution is 0.201. The fourth-order valence-electron chi connectivity index (χ4n) is 3.14. The molecule has 31 heavy (non-hydrogen) atoms. The first-order valence-corrected chi connectivity index (χ1v) is 10.2. The van der Waals surface area contributed by atoms with E-state index in [1.807, 2.05) is 68.4 Å². The van der Waals surface area contributed by atoms with Crippen LogP contribution in [0.4, 0.5) is 19.3 Å². The van der Waals surface area contributed by atoms with Crippen molar-refractivity contribution in [3.05, 3.63) is 95.6 Å². The highest BCUT2D eigenvalue weighted by Gasteiger charge is 2.17. The van der Waals surface area contributed by atoms with E-state index < -0.39 is 17.7 Å². The maximum Gasteiger partial charge on any atom is 0.322 e. The van der Waals surface area contributed by atoms with E-state index in [-0.39, 0.29) is 11.6 Å². The highest BCUT2D eigenvalue weighted by Crippen LogP contribution is 2.19. The smallest absolute Gasteiger partial charge is 0.322 e. The van der Waals surface area contributed by atoms with Gasteiger partial charge in [-0.2, -0.15) is 0 Å². The Balaban J connectivity index is 1.69. The maximum atomic E-state index is 14.0. The van der Waals surface area contributed by atoms with Crippen LogP contribution in [0.1, 0.15) is 25.0 Å². The number of anilines is 1. The van der Waals surface area contributed by atoms with E-state index in [1.54, 1.807) is 4.90 Å². The first-order chi connectivity index (χ1) is 14.9. The van der Waals surface area contributed by atoms with Gasteiger partial charge in [0, 0.05) is 19.2 Å². The first kappa shape index (κ1) is 22.3. The van der Waals surface area contributed by atoms with E-state index in [0.29, 0.717) is 25.4 Å². The van der Waals surface area contributed by atoms with Gasteiger partial charge in [-0.05, 0) is 41.3 Å². The first-order valence-electron chi connectivity index (χ1n) is 10.2. The van der Waals surface area contributed by atoms with Crippen molar-refractivity contribution in [3.8, 4) is 5.75 Å². The molecule has 0 spiro atoms. The van der Waals surface area contributed by atoms with Crippen LogP contribution in [-0.2, 0) is 13.2 Å². The maximum absolute atomic E-state index is 14.0. The summed E-state index contributed by atoms with van der Waals surface area (Å²) in [6.45, 7) is 5.25. The van der Waals surface area contributed by atoms with Gasteiger partial charge in [-0.15, -0.1) is 0 Å². The molecule has 162 valence electrons. The molecular weight excluding hydrogens is 398 g/mol. The van der Waals surface area contributed by atoms with Crippen LogP contribution >= 0.6 is 0 Å². The standard InChI is InChI=1S/C25H26F2N2O2/c1-18(2)15-29(25(30)28-24-12-11-21(26)14-23(24)27)16-20-9-6-10-22(13-20)31-17-19-7-4-3-5-8-19/h3-14,18H,15-17H2,1-2H3,(H,28,30). The molecule has 1 N–H and O–H groups in total. The van der Waals surface area contributed by atoms with E-state index in [4.69, 9.17) is 4.74 Å². The molecule has 3 aromatic carbocycles. The van der Waals surface area contributed by atoms with Gasteiger partial charge in [-0.1, -0.05) is 56.3 Å². The molecule has 0 aliphatic carbocycles. The van der Waals surface area contributed by atoms with Gasteiger partial charge < -0.3 is 15.0 Å². The van der Waals surface area contributed by atoms with Crippen molar-refractivity contribution >= 4 is 11.7 Å². The summed E-state index contributed by atoms with van der Waals surface area (Å²) >= 11 is 0. The Bertz CT molecular complexity index is 1010. The fourth-order valence-corrected chi connectivity index (χ4v) is 3.14. The third kappa shape index (κ3) is 6.81. The number of hydrogen-bond donors (Lipinski definition) is 1. The topological polar surface area (TPSA) is 41.6 Å². The number of carbonyl (C=O) groups is 1. The largest absolute Gasteiger partial charge is 0.489 e. The van der Waals surface area contributed by atoms with Crippen molar-refractivity contribution in [2.24, 2.45) is 5.92 Å². The van der Waals surface area contributed by atoms with Gasteiger partial charge in [-0.25, -0.2) is 13.6 Å². The summed E-state index contributed by atoms with van der Waals surface area (Å²) in [7, 11) is 0. The van der Waals surface area contributed by atoms with Gasteiger partial charge >= 0.3 is 6.03 Å². The second-order valence-corrected chi connectivity index (χ2v) is 7.75. The van der Waals surface area contributed by atoms with Gasteiger partial charge in [0.15, 0.2) is 0 Å². The zero-order chi connectivity index (χ0) is 22.2. The van der Waals surface area contributed by atoms with Crippen LogP contribution in [0, 0.1) is 17.6 Å². The molecule has 3 rings (SSSR count). The quantitative estimate of drug-likeness (QED) is 0.465. The molecule has 0 saturated heterocycles. The monoisotopic (exact) mass is 424 g/mol. The Kier molecular flexibility index (Phi) is 7.60. The van der Waals surface area contributed by atoms with Crippen LogP contribution in [0.5, 0.6) is 5.75 Å². The molecule has 0 aromatic heterocycles. The summed E-state index contributed by atoms with van der Waals surface area (Å²) in [5.41, 5.74) is 1.90. The minimum Gasteiger partial charge on any atom is -0.489 e. The Morgan fingerprint density at radius 3 is 2.42 bits per heavy atom. The predicted octanol–water partition coefficient (Wildman–Crippen LogP) is 6.23. The molecule has 0 unspecified atom stereocenters. The molecule has 0 atom stereocenters. The molecule has 6 heteroatoms. The van der Waals surface area contributed by atoms with Crippen molar-refractivity contribution in [2.75, 3.05) is 11.9 Å². The number of nitrogens with one attached hydrogen (secondary N) is 1. The van der Waals surface area contributed by atoms with Crippen molar-refractivity contribution < 1.29 is 18.3 Å². The lowest BCUT2D eigenvalue weighted by Crippen LogP contribution is -2.37. The van der Waals surface area contributed by atoms with Crippen LogP contribution in [-0.4, -0.2) is 17.5 Å². The Labute approximate surface area is 181 Å². The molecule has 0 radical (unpaired) electrons. The second kappa shape index (κ2) is 10.6. The molecule has 0 bridgehead atoms. The van der Waals surface area contributed by atoms with Crippen molar-refractivity contribution in [3.63, 3.8) is 0 Å². The predicted molar refractivity (Wildman–Crippen MR) is 118 cm³/mol. The number of urea groups is 1. The van der Waals surface area contributed by atoms with Crippen LogP contribution < -0.4 is 10.1 Å². The van der Waals surface area contributed by atoms with Crippen LogP contribution in [0.3, 0.4) is 0 Å². The number of amides is 2. The van der Waals surface area contributed by atoms with Crippen LogP contribution in [0.25, 0.3) is 0 Å². The van der Waals surface area contributed by atoms with Gasteiger partial charge in [-0.3, -0.25) is 0 Å². The van der Waals surface area contributed by atoms with E-state index >= 15 is 0 Å². The summed E-state index contributed by atoms with van der Waals surface area (Å²) in [5, 5.41) is 2.54. The van der Waals surface area contributed by atoms with Crippen molar-refractivity contribution in [1.29, 1.82) is 0 Å². The van der Waals surface area contributed by atoms with Crippen molar-refractivity contribution in [2.45, 2.75) is 27.0 Å². The van der Waals surface area contributed by atoms with Gasteiger partial charge in [0.25, 0.3) is 0 Å². The zero-order valence-electron chi connectivity index (χ0n) is 17.6. The molecule has 0 aliphatic heterocycles. The lowest BCUT2D eigenvalue weighted by atomic mass is 10.1. The minimum atomic E-state index is -0.811. The van der Waals surface area contributed by atoms with E-state index in [9.17, 15) is 13.6 Å². The summed E-state index contributed by atoms with van der Waals surface area (Å²) in [6, 6.07) is 20.0. The SMILES string of the molecule is CC(C)CN(Cc1cccc(OCc2ccccc2)c1)C(=O)Nc1ccc(F)cc1F. The number of ether oxygens (including phenoxy) is 1. The normalized spacial score (nSPS) is 10.7. The Hall–Kier alpha value is -3.41. The molecule has 0 heterocycles. The average molecular weight is 424 g/mol. The molecule has 0 saturated carbocycles. The lowest BCUT2D eigenvalue weighted by Gasteiger charge is -2.25. The van der Waals surface area contributed by atoms with E-state index in [2.05, 4.69) is 5.32 Å². The second-order valence-electron chi connectivity index (χ2n) is 7.75. The van der Waals surface area contributed by atoms with E-state index in [0.717, 1.165) is 23.3 Å². The van der Waals surface area contributed by atoms with Crippen molar-refractivity contribution in [1.82, 2.24) is 4.90 Å². The van der Waals surface area contributed by atoms with Crippen LogP contribution in [0.15, 0.2) is 72.8 Å². The van der Waals surface area contributed by atoms with Gasteiger partial charge in [0.05, 0.1) is 5.69 Å². The highest BCUT2D eigenvalue weighted by atomic mass is 19.1. The number of nitrogens with zero attached hydrogens (tertiary/aromatic N) is 1. The third-order valence-electron chi connectivity index (χ3n) is 4.57. The zero-order valence-corrected chi connectivity index (χ0v) is 17.6. The molecule has 2 amide bonds. The van der Waals surface area contributed by atoms with Gasteiger partial charge in [0.1, 0.15) is 24.0 Å². The third-order valence-corrected chi connectivity index (χ3v) is 4.57. The summed E-state index contributed by atoms with van der Waals surface area (Å²) in [6.07, 6.45) is 0. The molecule has 3 aromatic rings. The number of halogens is 2. The van der Waals surface area contributed by atoms with Crippen LogP contribution in [0.2, 0.25) is 0 Å². The molecular formula is C25H26F2N2O2. The molecule has 0 fully saturated rings. The van der Waals surface area contributed by atoms with Gasteiger partial charge in [0.2, 0.25) is 0 Å². The fraction of sp³-hybridized carbons (Fsp3) is 0.240. The Morgan fingerprint density at radius 1 is 0.968 bits per heavy atom. The average Bonchev–Trinajstić information content (AvgIpc) is 2.74. The Morgan fingerprint density at radius 2 is 1.71 bits per heavy atom. The highest BCUT2D eigenvalue weighted by molar-refractivity contribution is 5.89.